The highest BCUT2D eigenvalue weighted by Crippen LogP contribution is 2.35. The molecule has 2 nitrogen and oxygen atoms in total. The Labute approximate surface area is 109 Å². The molecule has 1 saturated carbocycles. The summed E-state index contributed by atoms with van der Waals surface area (Å²) in [5.41, 5.74) is 7.56. The molecule has 0 bridgehead atoms. The minimum absolute atomic E-state index is 0.182. The fourth-order valence-corrected chi connectivity index (χ4v) is 2.50. The molecule has 2 unspecified atom stereocenters. The molecule has 1 fully saturated rings. The van der Waals surface area contributed by atoms with Gasteiger partial charge in [0, 0.05) is 23.1 Å². The molecule has 2 atom stereocenters. The normalized spacial score (nSPS) is 19.4. The number of hydrogen-bond donors (Lipinski definition) is 1. The number of benzene rings is 1. The van der Waals surface area contributed by atoms with Gasteiger partial charge in [-0.05, 0) is 44.0 Å². The van der Waals surface area contributed by atoms with Crippen molar-refractivity contribution in [2.75, 3.05) is 7.05 Å². The van der Waals surface area contributed by atoms with Gasteiger partial charge in [0.2, 0.25) is 0 Å². The Morgan fingerprint density at radius 2 is 1.94 bits per heavy atom. The standard InChI is InChI=1S/C14H21ClN2/c1-3-13(16)14(17(2)12-8-9-12)10-4-6-11(15)7-5-10/h4-7,12-14H,3,8-9,16H2,1-2H3. The van der Waals surface area contributed by atoms with Crippen molar-refractivity contribution in [3.63, 3.8) is 0 Å². The highest BCUT2D eigenvalue weighted by molar-refractivity contribution is 6.30. The summed E-state index contributed by atoms with van der Waals surface area (Å²) in [5.74, 6) is 0. The minimum Gasteiger partial charge on any atom is -0.326 e. The Balaban J connectivity index is 2.22. The van der Waals surface area contributed by atoms with E-state index in [-0.39, 0.29) is 6.04 Å². The molecule has 94 valence electrons. The van der Waals surface area contributed by atoms with Crippen LogP contribution in [0.2, 0.25) is 5.02 Å². The monoisotopic (exact) mass is 252 g/mol. The van der Waals surface area contributed by atoms with Crippen molar-refractivity contribution >= 4 is 11.6 Å². The van der Waals surface area contributed by atoms with Gasteiger partial charge in [0.05, 0.1) is 0 Å². The number of hydrogen-bond acceptors (Lipinski definition) is 2. The number of likely N-dealkylation sites (N-methyl/N-ethyl adjacent to an activating group) is 1. The van der Waals surface area contributed by atoms with Crippen molar-refractivity contribution in [3.8, 4) is 0 Å². The smallest absolute Gasteiger partial charge is 0.0498 e. The highest BCUT2D eigenvalue weighted by atomic mass is 35.5. The first kappa shape index (κ1) is 12.9. The van der Waals surface area contributed by atoms with Crippen LogP contribution in [0.4, 0.5) is 0 Å². The van der Waals surface area contributed by atoms with Gasteiger partial charge in [-0.3, -0.25) is 4.90 Å². The van der Waals surface area contributed by atoms with E-state index < -0.39 is 0 Å². The average molecular weight is 253 g/mol. The zero-order chi connectivity index (χ0) is 12.4. The van der Waals surface area contributed by atoms with Gasteiger partial charge in [-0.1, -0.05) is 30.7 Å². The quantitative estimate of drug-likeness (QED) is 0.872. The predicted molar refractivity (Wildman–Crippen MR) is 73.2 cm³/mol. The first-order valence-electron chi connectivity index (χ1n) is 6.36. The second-order valence-corrected chi connectivity index (χ2v) is 5.40. The zero-order valence-electron chi connectivity index (χ0n) is 10.6. The molecule has 1 aliphatic carbocycles. The third kappa shape index (κ3) is 3.01. The second-order valence-electron chi connectivity index (χ2n) is 4.97. The zero-order valence-corrected chi connectivity index (χ0v) is 11.3. The summed E-state index contributed by atoms with van der Waals surface area (Å²) < 4.78 is 0. The van der Waals surface area contributed by atoms with Crippen molar-refractivity contribution in [1.82, 2.24) is 4.90 Å². The summed E-state index contributed by atoms with van der Waals surface area (Å²) in [6.45, 7) is 2.15. The molecule has 17 heavy (non-hydrogen) atoms. The van der Waals surface area contributed by atoms with E-state index in [4.69, 9.17) is 17.3 Å². The van der Waals surface area contributed by atoms with Crippen LogP contribution in [0.5, 0.6) is 0 Å². The lowest BCUT2D eigenvalue weighted by Gasteiger charge is -2.33. The molecule has 2 rings (SSSR count). The van der Waals surface area contributed by atoms with Crippen LogP contribution >= 0.6 is 11.6 Å². The molecule has 0 aromatic heterocycles. The van der Waals surface area contributed by atoms with E-state index in [0.717, 1.165) is 11.4 Å². The molecule has 1 aliphatic rings. The molecular weight excluding hydrogens is 232 g/mol. The van der Waals surface area contributed by atoms with Gasteiger partial charge in [-0.2, -0.15) is 0 Å². The SMILES string of the molecule is CCC(N)C(c1ccc(Cl)cc1)N(C)C1CC1. The molecule has 1 aromatic rings. The molecule has 3 heteroatoms. The Morgan fingerprint density at radius 3 is 2.41 bits per heavy atom. The number of nitrogens with zero attached hydrogens (tertiary/aromatic N) is 1. The summed E-state index contributed by atoms with van der Waals surface area (Å²) in [6.07, 6.45) is 3.60. The lowest BCUT2D eigenvalue weighted by atomic mass is 9.96. The van der Waals surface area contributed by atoms with Crippen LogP contribution in [-0.2, 0) is 0 Å². The van der Waals surface area contributed by atoms with Gasteiger partial charge in [0.1, 0.15) is 0 Å². The van der Waals surface area contributed by atoms with Crippen LogP contribution in [0.25, 0.3) is 0 Å². The van der Waals surface area contributed by atoms with Crippen molar-refractivity contribution in [3.05, 3.63) is 34.9 Å². The fraction of sp³-hybridized carbons (Fsp3) is 0.571. The largest absolute Gasteiger partial charge is 0.326 e. The summed E-state index contributed by atoms with van der Waals surface area (Å²) in [7, 11) is 2.19. The third-order valence-corrected chi connectivity index (χ3v) is 3.90. The van der Waals surface area contributed by atoms with E-state index in [1.807, 2.05) is 12.1 Å². The van der Waals surface area contributed by atoms with Gasteiger partial charge in [0.25, 0.3) is 0 Å². The van der Waals surface area contributed by atoms with Crippen molar-refractivity contribution in [1.29, 1.82) is 0 Å². The number of halogens is 1. The van der Waals surface area contributed by atoms with Crippen molar-refractivity contribution < 1.29 is 0 Å². The molecule has 0 radical (unpaired) electrons. The molecule has 2 N–H and O–H groups in total. The minimum atomic E-state index is 0.182. The second kappa shape index (κ2) is 5.38. The van der Waals surface area contributed by atoms with E-state index in [1.54, 1.807) is 0 Å². The average Bonchev–Trinajstić information content (AvgIpc) is 3.15. The van der Waals surface area contributed by atoms with Gasteiger partial charge < -0.3 is 5.73 Å². The van der Waals surface area contributed by atoms with E-state index in [9.17, 15) is 0 Å². The maximum Gasteiger partial charge on any atom is 0.0498 e. The molecule has 0 amide bonds. The van der Waals surface area contributed by atoms with Crippen LogP contribution in [0.3, 0.4) is 0 Å². The van der Waals surface area contributed by atoms with E-state index >= 15 is 0 Å². The van der Waals surface area contributed by atoms with E-state index in [2.05, 4.69) is 31.0 Å². The first-order chi connectivity index (χ1) is 8.13. The van der Waals surface area contributed by atoms with Crippen LogP contribution in [0.1, 0.15) is 37.8 Å². The maximum absolute atomic E-state index is 6.28. The molecule has 1 aromatic carbocycles. The summed E-state index contributed by atoms with van der Waals surface area (Å²) in [5, 5.41) is 0.784. The van der Waals surface area contributed by atoms with Crippen molar-refractivity contribution in [2.45, 2.75) is 44.3 Å². The molecule has 0 saturated heterocycles. The highest BCUT2D eigenvalue weighted by Gasteiger charge is 2.34. The third-order valence-electron chi connectivity index (χ3n) is 3.65. The summed E-state index contributed by atoms with van der Waals surface area (Å²) in [4.78, 5) is 2.43. The Bertz CT molecular complexity index is 359. The number of nitrogens with two attached hydrogens (primary N) is 1. The lowest BCUT2D eigenvalue weighted by molar-refractivity contribution is 0.200. The van der Waals surface area contributed by atoms with Crippen LogP contribution in [0, 0.1) is 0 Å². The van der Waals surface area contributed by atoms with Crippen LogP contribution < -0.4 is 5.73 Å². The van der Waals surface area contributed by atoms with Gasteiger partial charge in [-0.25, -0.2) is 0 Å². The molecular formula is C14H21ClN2. The Morgan fingerprint density at radius 1 is 1.35 bits per heavy atom. The summed E-state index contributed by atoms with van der Waals surface area (Å²) >= 11 is 5.94. The topological polar surface area (TPSA) is 29.3 Å². The Kier molecular flexibility index (Phi) is 4.08. The van der Waals surface area contributed by atoms with E-state index in [1.165, 1.54) is 18.4 Å². The lowest BCUT2D eigenvalue weighted by Crippen LogP contribution is -2.39. The van der Waals surface area contributed by atoms with E-state index in [0.29, 0.717) is 12.1 Å². The Hall–Kier alpha value is -0.570. The summed E-state index contributed by atoms with van der Waals surface area (Å²) in [6, 6.07) is 9.31. The van der Waals surface area contributed by atoms with Gasteiger partial charge in [0.15, 0.2) is 0 Å². The van der Waals surface area contributed by atoms with Gasteiger partial charge in [-0.15, -0.1) is 0 Å². The van der Waals surface area contributed by atoms with Crippen molar-refractivity contribution in [2.24, 2.45) is 5.73 Å². The van der Waals surface area contributed by atoms with Crippen LogP contribution in [0.15, 0.2) is 24.3 Å². The number of rotatable bonds is 5. The fourth-order valence-electron chi connectivity index (χ4n) is 2.38. The molecule has 0 heterocycles. The first-order valence-corrected chi connectivity index (χ1v) is 6.74. The maximum atomic E-state index is 6.28. The van der Waals surface area contributed by atoms with Gasteiger partial charge >= 0.3 is 0 Å². The molecule has 0 aliphatic heterocycles. The molecule has 0 spiro atoms. The van der Waals surface area contributed by atoms with Crippen LogP contribution in [-0.4, -0.2) is 24.0 Å². The predicted octanol–water partition coefficient (Wildman–Crippen LogP) is 3.21.